The molecule has 0 aliphatic carbocycles. The minimum Gasteiger partial charge on any atom is -0.488 e. The molecule has 7 heteroatoms. The fraction of sp³-hybridized carbons (Fsp3) is 0.294. The highest BCUT2D eigenvalue weighted by Crippen LogP contribution is 2.19. The molecule has 0 bridgehead atoms. The molecule has 2 heterocycles. The quantitative estimate of drug-likeness (QED) is 0.861. The van der Waals surface area contributed by atoms with Crippen molar-refractivity contribution >= 4 is 11.8 Å². The number of nitrogens with one attached hydrogen (secondary N) is 1. The van der Waals surface area contributed by atoms with Gasteiger partial charge in [-0.3, -0.25) is 9.59 Å². The molecule has 0 unspecified atom stereocenters. The average Bonchev–Trinajstić information content (AvgIpc) is 3.12. The Balaban J connectivity index is 1.65. The van der Waals surface area contributed by atoms with Gasteiger partial charge in [0, 0.05) is 12.0 Å². The second-order valence-corrected chi connectivity index (χ2v) is 5.50. The summed E-state index contributed by atoms with van der Waals surface area (Å²) in [5.41, 5.74) is 6.09. The minimum atomic E-state index is -0.488. The van der Waals surface area contributed by atoms with E-state index < -0.39 is 5.91 Å². The molecule has 2 aromatic rings. The molecular formula is C17H18N2O5. The standard InChI is InChI=1S/C17H18N2O5/c18-16(20)11-1-3-13(4-2-11)24-15-6-8-23-10-14(15)19-17(21)12-5-7-22-9-12/h1-5,7,9,14-15H,6,8,10H2,(H2,18,20)(H,19,21)/t14-,15-/m1/s1. The van der Waals surface area contributed by atoms with Gasteiger partial charge in [0.25, 0.3) is 5.91 Å². The summed E-state index contributed by atoms with van der Waals surface area (Å²) in [5.74, 6) is -0.121. The summed E-state index contributed by atoms with van der Waals surface area (Å²) in [7, 11) is 0. The maximum atomic E-state index is 12.2. The molecule has 24 heavy (non-hydrogen) atoms. The molecule has 0 saturated carbocycles. The summed E-state index contributed by atoms with van der Waals surface area (Å²) in [4.78, 5) is 23.3. The van der Waals surface area contributed by atoms with Crippen LogP contribution in [0.4, 0.5) is 0 Å². The van der Waals surface area contributed by atoms with Crippen molar-refractivity contribution in [2.24, 2.45) is 5.73 Å². The lowest BCUT2D eigenvalue weighted by Gasteiger charge is -2.32. The molecule has 2 atom stereocenters. The smallest absolute Gasteiger partial charge is 0.254 e. The highest BCUT2D eigenvalue weighted by atomic mass is 16.5. The van der Waals surface area contributed by atoms with Crippen molar-refractivity contribution in [3.05, 3.63) is 54.0 Å². The third-order valence-corrected chi connectivity index (χ3v) is 3.82. The number of benzene rings is 1. The van der Waals surface area contributed by atoms with Crippen molar-refractivity contribution in [2.45, 2.75) is 18.6 Å². The second kappa shape index (κ2) is 7.18. The first kappa shape index (κ1) is 16.1. The molecule has 0 radical (unpaired) electrons. The van der Waals surface area contributed by atoms with Gasteiger partial charge in [-0.25, -0.2) is 0 Å². The highest BCUT2D eigenvalue weighted by Gasteiger charge is 2.29. The zero-order valence-electron chi connectivity index (χ0n) is 12.9. The molecule has 3 N–H and O–H groups in total. The number of carbonyl (C=O) groups excluding carboxylic acids is 2. The van der Waals surface area contributed by atoms with Crippen molar-refractivity contribution in [2.75, 3.05) is 13.2 Å². The van der Waals surface area contributed by atoms with Crippen molar-refractivity contribution in [1.82, 2.24) is 5.32 Å². The summed E-state index contributed by atoms with van der Waals surface area (Å²) in [6, 6.07) is 7.90. The van der Waals surface area contributed by atoms with Crippen LogP contribution in [0.3, 0.4) is 0 Å². The molecule has 1 aromatic carbocycles. The molecule has 2 amide bonds. The Hall–Kier alpha value is -2.80. The lowest BCUT2D eigenvalue weighted by Crippen LogP contribution is -2.51. The number of hydrogen-bond acceptors (Lipinski definition) is 5. The van der Waals surface area contributed by atoms with Crippen LogP contribution in [0.1, 0.15) is 27.1 Å². The van der Waals surface area contributed by atoms with Crippen LogP contribution in [0, 0.1) is 0 Å². The molecular weight excluding hydrogens is 312 g/mol. The van der Waals surface area contributed by atoms with Gasteiger partial charge in [-0.05, 0) is 30.3 Å². The van der Waals surface area contributed by atoms with Gasteiger partial charge in [0.2, 0.25) is 5.91 Å². The second-order valence-electron chi connectivity index (χ2n) is 5.50. The zero-order chi connectivity index (χ0) is 16.9. The largest absolute Gasteiger partial charge is 0.488 e. The highest BCUT2D eigenvalue weighted by molar-refractivity contribution is 5.94. The number of rotatable bonds is 5. The number of primary amides is 1. The predicted molar refractivity (Wildman–Crippen MR) is 84.8 cm³/mol. The Morgan fingerprint density at radius 1 is 1.17 bits per heavy atom. The van der Waals surface area contributed by atoms with E-state index >= 15 is 0 Å². The molecule has 1 saturated heterocycles. The molecule has 0 spiro atoms. The summed E-state index contributed by atoms with van der Waals surface area (Å²) in [5, 5.41) is 2.90. The number of furan rings is 1. The van der Waals surface area contributed by atoms with Crippen LogP contribution in [0.5, 0.6) is 5.75 Å². The van der Waals surface area contributed by atoms with Crippen LogP contribution in [-0.2, 0) is 4.74 Å². The fourth-order valence-electron chi connectivity index (χ4n) is 2.51. The maximum Gasteiger partial charge on any atom is 0.254 e. The first-order valence-corrected chi connectivity index (χ1v) is 7.61. The molecule has 1 fully saturated rings. The molecule has 3 rings (SSSR count). The van der Waals surface area contributed by atoms with E-state index in [4.69, 9.17) is 19.6 Å². The summed E-state index contributed by atoms with van der Waals surface area (Å²) in [6.07, 6.45) is 3.25. The van der Waals surface area contributed by atoms with Gasteiger partial charge >= 0.3 is 0 Å². The van der Waals surface area contributed by atoms with E-state index in [0.29, 0.717) is 36.5 Å². The number of nitrogens with two attached hydrogens (primary N) is 1. The number of amides is 2. The third kappa shape index (κ3) is 3.75. The predicted octanol–water partition coefficient (Wildman–Crippen LogP) is 1.34. The van der Waals surface area contributed by atoms with E-state index in [9.17, 15) is 9.59 Å². The molecule has 1 aromatic heterocycles. The van der Waals surface area contributed by atoms with Crippen molar-refractivity contribution in [1.29, 1.82) is 0 Å². The molecule has 7 nitrogen and oxygen atoms in total. The van der Waals surface area contributed by atoms with Crippen LogP contribution in [-0.4, -0.2) is 37.2 Å². The average molecular weight is 330 g/mol. The van der Waals surface area contributed by atoms with Crippen molar-refractivity contribution in [3.8, 4) is 5.75 Å². The van der Waals surface area contributed by atoms with Crippen molar-refractivity contribution < 1.29 is 23.5 Å². The van der Waals surface area contributed by atoms with E-state index in [-0.39, 0.29) is 18.1 Å². The normalized spacial score (nSPS) is 20.3. The minimum absolute atomic E-state index is 0.228. The Bertz CT molecular complexity index is 696. The van der Waals surface area contributed by atoms with E-state index in [1.54, 1.807) is 30.3 Å². The summed E-state index contributed by atoms with van der Waals surface area (Å²) < 4.78 is 16.3. The van der Waals surface area contributed by atoms with E-state index in [1.165, 1.54) is 12.5 Å². The number of carbonyl (C=O) groups is 2. The Morgan fingerprint density at radius 2 is 1.96 bits per heavy atom. The van der Waals surface area contributed by atoms with Gasteiger partial charge in [0.15, 0.2) is 0 Å². The zero-order valence-corrected chi connectivity index (χ0v) is 12.9. The van der Waals surface area contributed by atoms with E-state index in [2.05, 4.69) is 5.32 Å². The molecule has 1 aliphatic rings. The Morgan fingerprint density at radius 3 is 2.62 bits per heavy atom. The molecule has 1 aliphatic heterocycles. The Labute approximate surface area is 138 Å². The van der Waals surface area contributed by atoms with Crippen LogP contribution in [0.2, 0.25) is 0 Å². The number of hydrogen-bond donors (Lipinski definition) is 2. The van der Waals surface area contributed by atoms with Gasteiger partial charge in [0.1, 0.15) is 18.1 Å². The van der Waals surface area contributed by atoms with E-state index in [1.807, 2.05) is 0 Å². The first-order chi connectivity index (χ1) is 11.6. The van der Waals surface area contributed by atoms with Gasteiger partial charge in [0.05, 0.1) is 31.1 Å². The SMILES string of the molecule is NC(=O)c1ccc(O[C@@H]2CCOC[C@H]2NC(=O)c2ccoc2)cc1. The lowest BCUT2D eigenvalue weighted by molar-refractivity contribution is -0.00289. The van der Waals surface area contributed by atoms with Crippen LogP contribution in [0.25, 0.3) is 0 Å². The maximum absolute atomic E-state index is 12.2. The summed E-state index contributed by atoms with van der Waals surface area (Å²) >= 11 is 0. The third-order valence-electron chi connectivity index (χ3n) is 3.82. The van der Waals surface area contributed by atoms with Crippen molar-refractivity contribution in [3.63, 3.8) is 0 Å². The van der Waals surface area contributed by atoms with Gasteiger partial charge in [-0.15, -0.1) is 0 Å². The van der Waals surface area contributed by atoms with Crippen LogP contribution >= 0.6 is 0 Å². The van der Waals surface area contributed by atoms with Gasteiger partial charge < -0.3 is 24.9 Å². The van der Waals surface area contributed by atoms with Gasteiger partial charge in [-0.2, -0.15) is 0 Å². The first-order valence-electron chi connectivity index (χ1n) is 7.61. The molecule has 126 valence electrons. The van der Waals surface area contributed by atoms with E-state index in [0.717, 1.165) is 0 Å². The van der Waals surface area contributed by atoms with Crippen LogP contribution in [0.15, 0.2) is 47.3 Å². The van der Waals surface area contributed by atoms with Crippen LogP contribution < -0.4 is 15.8 Å². The fourth-order valence-corrected chi connectivity index (χ4v) is 2.51. The number of ether oxygens (including phenoxy) is 2. The topological polar surface area (TPSA) is 104 Å². The Kier molecular flexibility index (Phi) is 4.81. The summed E-state index contributed by atoms with van der Waals surface area (Å²) in [6.45, 7) is 0.926. The monoisotopic (exact) mass is 330 g/mol. The lowest BCUT2D eigenvalue weighted by atomic mass is 10.1. The van der Waals surface area contributed by atoms with Gasteiger partial charge in [-0.1, -0.05) is 0 Å².